The summed E-state index contributed by atoms with van der Waals surface area (Å²) >= 11 is 1.64. The van der Waals surface area contributed by atoms with E-state index in [9.17, 15) is 18.0 Å². The van der Waals surface area contributed by atoms with Crippen molar-refractivity contribution in [2.24, 2.45) is 0 Å². The van der Waals surface area contributed by atoms with Crippen molar-refractivity contribution in [1.29, 1.82) is 0 Å². The number of thiophene rings is 1. The van der Waals surface area contributed by atoms with E-state index in [0.717, 1.165) is 5.56 Å². The van der Waals surface area contributed by atoms with Gasteiger partial charge in [-0.3, -0.25) is 9.59 Å². The predicted molar refractivity (Wildman–Crippen MR) is 125 cm³/mol. The molecule has 0 spiro atoms. The van der Waals surface area contributed by atoms with Crippen molar-refractivity contribution in [3.63, 3.8) is 0 Å². The van der Waals surface area contributed by atoms with Crippen molar-refractivity contribution >= 4 is 44.5 Å². The lowest BCUT2D eigenvalue weighted by atomic mass is 10.1. The molecule has 2 amide bonds. The average molecular weight is 484 g/mol. The number of benzene rings is 2. The van der Waals surface area contributed by atoms with Crippen LogP contribution in [0.1, 0.15) is 27.7 Å². The van der Waals surface area contributed by atoms with Crippen LogP contribution >= 0.6 is 11.3 Å². The maximum absolute atomic E-state index is 13.2. The average Bonchev–Trinajstić information content (AvgIpc) is 3.28. The lowest BCUT2D eigenvalue weighted by molar-refractivity contribution is -0.122. The van der Waals surface area contributed by atoms with E-state index in [0.29, 0.717) is 36.6 Å². The molecule has 0 fully saturated rings. The molecule has 2 aliphatic rings. The van der Waals surface area contributed by atoms with Gasteiger partial charge in [-0.05, 0) is 66.8 Å². The zero-order valence-electron chi connectivity index (χ0n) is 17.7. The number of hydrogen-bond donors (Lipinski definition) is 2. The number of sulfonamides is 1. The minimum atomic E-state index is -3.74. The fourth-order valence-corrected chi connectivity index (χ4v) is 6.22. The summed E-state index contributed by atoms with van der Waals surface area (Å²) < 4.78 is 33.4. The Labute approximate surface area is 195 Å². The maximum Gasteiger partial charge on any atom is 0.265 e. The fraction of sp³-hybridized carbons (Fsp3) is 0.217. The first kappa shape index (κ1) is 21.6. The van der Waals surface area contributed by atoms with E-state index < -0.39 is 22.0 Å². The van der Waals surface area contributed by atoms with Gasteiger partial charge in [0.25, 0.3) is 11.8 Å². The molecule has 10 heteroatoms. The van der Waals surface area contributed by atoms with Gasteiger partial charge in [0.15, 0.2) is 6.10 Å². The molecule has 1 unspecified atom stereocenters. The van der Waals surface area contributed by atoms with E-state index in [1.54, 1.807) is 48.6 Å². The summed E-state index contributed by atoms with van der Waals surface area (Å²) in [6.45, 7) is 2.39. The minimum Gasteiger partial charge on any atom is -0.479 e. The van der Waals surface area contributed by atoms with Crippen molar-refractivity contribution in [3.05, 3.63) is 69.9 Å². The zero-order chi connectivity index (χ0) is 23.2. The number of carbonyl (C=O) groups excluding carboxylic acids is 2. The van der Waals surface area contributed by atoms with Crippen molar-refractivity contribution < 1.29 is 22.7 Å². The molecule has 5 rings (SSSR count). The Morgan fingerprint density at radius 2 is 2.06 bits per heavy atom. The van der Waals surface area contributed by atoms with Crippen molar-refractivity contribution in [3.8, 4) is 5.75 Å². The van der Waals surface area contributed by atoms with E-state index >= 15 is 0 Å². The molecule has 0 aliphatic carbocycles. The number of carbonyl (C=O) groups is 2. The third-order valence-corrected chi connectivity index (χ3v) is 8.54. The standard InChI is InChI=1S/C23H21N3O5S2/c1-14-22(27)25-19-12-17(5-6-20(19)31-14)24-23(28)15-3-2-4-18(11-15)33(29,30)26-9-7-21-16(13-26)8-10-32-21/h2-6,8,10-12,14H,7,9,13H2,1H3,(H,24,28)(H,25,27). The molecule has 3 heterocycles. The number of amides is 2. The van der Waals surface area contributed by atoms with Crippen LogP contribution in [0.25, 0.3) is 0 Å². The van der Waals surface area contributed by atoms with Crippen molar-refractivity contribution in [2.75, 3.05) is 17.2 Å². The smallest absolute Gasteiger partial charge is 0.265 e. The summed E-state index contributed by atoms with van der Waals surface area (Å²) in [7, 11) is -3.74. The Morgan fingerprint density at radius 1 is 1.21 bits per heavy atom. The molecule has 0 saturated carbocycles. The second-order valence-corrected chi connectivity index (χ2v) is 10.8. The highest BCUT2D eigenvalue weighted by molar-refractivity contribution is 7.89. The van der Waals surface area contributed by atoms with E-state index in [-0.39, 0.29) is 16.4 Å². The lowest BCUT2D eigenvalue weighted by Gasteiger charge is -2.26. The van der Waals surface area contributed by atoms with Crippen LogP contribution in [0.3, 0.4) is 0 Å². The van der Waals surface area contributed by atoms with Crippen molar-refractivity contribution in [1.82, 2.24) is 4.31 Å². The summed E-state index contributed by atoms with van der Waals surface area (Å²) in [5.41, 5.74) is 2.16. The summed E-state index contributed by atoms with van der Waals surface area (Å²) in [5, 5.41) is 7.46. The van der Waals surface area contributed by atoms with Crippen LogP contribution in [0.2, 0.25) is 0 Å². The SMILES string of the molecule is CC1Oc2ccc(NC(=O)c3cccc(S(=O)(=O)N4CCc5sccc5C4)c3)cc2NC1=O. The molecule has 2 aliphatic heterocycles. The Kier molecular flexibility index (Phi) is 5.43. The predicted octanol–water partition coefficient (Wildman–Crippen LogP) is 3.47. The van der Waals surface area contributed by atoms with Crippen LogP contribution in [0.15, 0.2) is 58.8 Å². The van der Waals surface area contributed by atoms with E-state index in [4.69, 9.17) is 4.74 Å². The molecule has 0 saturated heterocycles. The first-order valence-electron chi connectivity index (χ1n) is 10.4. The molecule has 33 heavy (non-hydrogen) atoms. The van der Waals surface area contributed by atoms with Gasteiger partial charge in [0.05, 0.1) is 10.6 Å². The largest absolute Gasteiger partial charge is 0.479 e. The number of ether oxygens (including phenoxy) is 1. The summed E-state index contributed by atoms with van der Waals surface area (Å²) in [6.07, 6.45) is 0.0953. The maximum atomic E-state index is 13.2. The fourth-order valence-electron chi connectivity index (χ4n) is 3.86. The molecule has 170 valence electrons. The molecular weight excluding hydrogens is 462 g/mol. The molecule has 2 N–H and O–H groups in total. The van der Waals surface area contributed by atoms with Crippen LogP contribution < -0.4 is 15.4 Å². The van der Waals surface area contributed by atoms with E-state index in [2.05, 4.69) is 10.6 Å². The van der Waals surface area contributed by atoms with E-state index in [1.807, 2.05) is 11.4 Å². The van der Waals surface area contributed by atoms with Gasteiger partial charge >= 0.3 is 0 Å². The normalized spacial score (nSPS) is 18.0. The quantitative estimate of drug-likeness (QED) is 0.591. The first-order valence-corrected chi connectivity index (χ1v) is 12.7. The highest BCUT2D eigenvalue weighted by atomic mass is 32.2. The highest BCUT2D eigenvalue weighted by Gasteiger charge is 2.29. The third-order valence-electron chi connectivity index (χ3n) is 5.67. The van der Waals surface area contributed by atoms with Crippen molar-refractivity contribution in [2.45, 2.75) is 30.9 Å². The van der Waals surface area contributed by atoms with Gasteiger partial charge in [0, 0.05) is 29.2 Å². The molecule has 3 aromatic rings. The highest BCUT2D eigenvalue weighted by Crippen LogP contribution is 2.32. The Balaban J connectivity index is 1.35. The summed E-state index contributed by atoms with van der Waals surface area (Å²) in [5.74, 6) is -0.207. The van der Waals surface area contributed by atoms with Gasteiger partial charge in [0.2, 0.25) is 10.0 Å². The third kappa shape index (κ3) is 4.12. The van der Waals surface area contributed by atoms with Gasteiger partial charge < -0.3 is 15.4 Å². The van der Waals surface area contributed by atoms with Gasteiger partial charge in [-0.1, -0.05) is 6.07 Å². The summed E-state index contributed by atoms with van der Waals surface area (Å²) in [4.78, 5) is 26.0. The lowest BCUT2D eigenvalue weighted by Crippen LogP contribution is -2.35. The molecular formula is C23H21N3O5S2. The molecule has 2 aromatic carbocycles. The molecule has 1 atom stereocenters. The Morgan fingerprint density at radius 3 is 2.91 bits per heavy atom. The summed E-state index contributed by atoms with van der Waals surface area (Å²) in [6, 6.07) is 12.9. The van der Waals surface area contributed by atoms with Crippen LogP contribution in [0, 0.1) is 0 Å². The molecule has 1 aromatic heterocycles. The number of anilines is 2. The molecule has 0 radical (unpaired) electrons. The Bertz CT molecular complexity index is 1370. The van der Waals surface area contributed by atoms with Gasteiger partial charge in [-0.15, -0.1) is 11.3 Å². The first-order chi connectivity index (χ1) is 15.8. The van der Waals surface area contributed by atoms with Gasteiger partial charge in [0.1, 0.15) is 5.75 Å². The number of nitrogens with one attached hydrogen (secondary N) is 2. The Hall–Kier alpha value is -3.21. The number of hydrogen-bond acceptors (Lipinski definition) is 6. The molecule has 8 nitrogen and oxygen atoms in total. The van der Waals surface area contributed by atoms with Crippen LogP contribution in [-0.4, -0.2) is 37.2 Å². The van der Waals surface area contributed by atoms with Gasteiger partial charge in [-0.2, -0.15) is 4.31 Å². The van der Waals surface area contributed by atoms with E-state index in [1.165, 1.54) is 21.3 Å². The minimum absolute atomic E-state index is 0.0777. The number of fused-ring (bicyclic) bond motifs is 2. The van der Waals surface area contributed by atoms with Crippen LogP contribution in [0.4, 0.5) is 11.4 Å². The van der Waals surface area contributed by atoms with Crippen LogP contribution in [0.5, 0.6) is 5.75 Å². The second-order valence-electron chi connectivity index (χ2n) is 7.90. The monoisotopic (exact) mass is 483 g/mol. The second kappa shape index (κ2) is 8.29. The number of rotatable bonds is 4. The molecule has 0 bridgehead atoms. The topological polar surface area (TPSA) is 105 Å². The zero-order valence-corrected chi connectivity index (χ0v) is 19.3. The van der Waals surface area contributed by atoms with Gasteiger partial charge in [-0.25, -0.2) is 8.42 Å². The van der Waals surface area contributed by atoms with Crippen LogP contribution in [-0.2, 0) is 27.8 Å². The number of nitrogens with zero attached hydrogens (tertiary/aromatic N) is 1.